The highest BCUT2D eigenvalue weighted by atomic mass is 36.0. The number of benzene rings is 2. The van der Waals surface area contributed by atoms with Crippen LogP contribution in [0.1, 0.15) is 0 Å². The third kappa shape index (κ3) is 8.79. The van der Waals surface area contributed by atoms with Crippen molar-refractivity contribution in [1.82, 2.24) is 19.9 Å². The first-order valence-corrected chi connectivity index (χ1v) is 13.7. The Morgan fingerprint density at radius 3 is 1.94 bits per heavy atom. The van der Waals surface area contributed by atoms with Crippen LogP contribution < -0.4 is 11.2 Å². The molecule has 164 valence electrons. The molecule has 4 rings (SSSR count). The van der Waals surface area contributed by atoms with Crippen molar-refractivity contribution in [2.24, 2.45) is 0 Å². The molecule has 2 aromatic carbocycles. The van der Waals surface area contributed by atoms with E-state index in [-0.39, 0.29) is 5.28 Å². The van der Waals surface area contributed by atoms with Gasteiger partial charge in [-0.05, 0) is 81.7 Å². The monoisotopic (exact) mass is 580 g/mol. The Balaban J connectivity index is 0.000000182. The molecule has 0 unspecified atom stereocenters. The van der Waals surface area contributed by atoms with Crippen molar-refractivity contribution in [2.75, 3.05) is 0 Å². The number of H-pyrrole nitrogens is 2. The Bertz CT molecular complexity index is 1400. The van der Waals surface area contributed by atoms with E-state index in [2.05, 4.69) is 53.7 Å². The quantitative estimate of drug-likeness (QED) is 0.129. The van der Waals surface area contributed by atoms with E-state index in [1.54, 1.807) is 30.3 Å². The second-order valence-corrected chi connectivity index (χ2v) is 13.7. The van der Waals surface area contributed by atoms with Crippen LogP contribution in [0, 0.1) is 0 Å². The summed E-state index contributed by atoms with van der Waals surface area (Å²) in [5, 5.41) is -0.617. The van der Waals surface area contributed by atoms with E-state index >= 15 is 0 Å². The van der Waals surface area contributed by atoms with E-state index < -0.39 is 16.4 Å². The Morgan fingerprint density at radius 1 is 0.774 bits per heavy atom. The van der Waals surface area contributed by atoms with Gasteiger partial charge in [0.05, 0.1) is 16.4 Å². The molecule has 0 aliphatic heterocycles. The number of halogens is 7. The fourth-order valence-electron chi connectivity index (χ4n) is 2.17. The standard InChI is InChI=1S/C8H3Cl3N2.C8H5ClN2O2.Cl3OP/c9-4-1-2-6-5(3-4)7(10)13-8(11)12-6;9-4-1-2-6-5(3-4)7(12)11-8(13)10-6;1-5(2,3)4/h1-3H;1-3H,(H2,10,11,12,13);. The molecule has 0 amide bonds. The van der Waals surface area contributed by atoms with Gasteiger partial charge in [0, 0.05) is 15.4 Å². The highest BCUT2D eigenvalue weighted by molar-refractivity contribution is 8.24. The second-order valence-electron chi connectivity index (χ2n) is 5.44. The molecule has 31 heavy (non-hydrogen) atoms. The maximum absolute atomic E-state index is 11.2. The minimum absolute atomic E-state index is 0.139. The Morgan fingerprint density at radius 2 is 1.32 bits per heavy atom. The molecule has 2 N–H and O–H groups in total. The lowest BCUT2D eigenvalue weighted by atomic mass is 10.2. The molecule has 0 radical (unpaired) electrons. The van der Waals surface area contributed by atoms with Crippen LogP contribution in [0.4, 0.5) is 0 Å². The normalized spacial score (nSPS) is 10.8. The molecule has 4 aromatic rings. The third-order valence-corrected chi connectivity index (χ3v) is 4.21. The van der Waals surface area contributed by atoms with Gasteiger partial charge in [-0.1, -0.05) is 34.8 Å². The summed E-state index contributed by atoms with van der Waals surface area (Å²) in [5.74, 6) is 0. The average molecular weight is 583 g/mol. The molecular formula is C16H8Cl7N4O3P. The fraction of sp³-hybridized carbons (Fsp3) is 0. The van der Waals surface area contributed by atoms with Crippen molar-refractivity contribution in [1.29, 1.82) is 0 Å². The number of aromatic nitrogens is 4. The van der Waals surface area contributed by atoms with Crippen LogP contribution >= 0.6 is 85.3 Å². The second kappa shape index (κ2) is 11.2. The van der Waals surface area contributed by atoms with E-state index in [1.165, 1.54) is 6.07 Å². The van der Waals surface area contributed by atoms with E-state index in [0.29, 0.717) is 37.0 Å². The lowest BCUT2D eigenvalue weighted by Gasteiger charge is -1.99. The Kier molecular flexibility index (Phi) is 9.49. The number of aromatic amines is 2. The zero-order valence-electron chi connectivity index (χ0n) is 14.7. The van der Waals surface area contributed by atoms with Crippen molar-refractivity contribution >= 4 is 107 Å². The van der Waals surface area contributed by atoms with Crippen LogP contribution in [-0.4, -0.2) is 19.9 Å². The summed E-state index contributed by atoms with van der Waals surface area (Å²) in [5.41, 5.74) is 0.230. The van der Waals surface area contributed by atoms with Gasteiger partial charge in [0.2, 0.25) is 5.28 Å². The summed E-state index contributed by atoms with van der Waals surface area (Å²) in [6, 6.07) is 9.88. The number of rotatable bonds is 0. The number of nitrogens with one attached hydrogen (secondary N) is 2. The largest absolute Gasteiger partial charge is 0.339 e. The lowest BCUT2D eigenvalue weighted by molar-refractivity contribution is 0.600. The summed E-state index contributed by atoms with van der Waals surface area (Å²) in [7, 11) is 0. The van der Waals surface area contributed by atoms with Crippen LogP contribution in [0.2, 0.25) is 20.5 Å². The summed E-state index contributed by atoms with van der Waals surface area (Å²) in [4.78, 5) is 34.5. The van der Waals surface area contributed by atoms with Gasteiger partial charge in [-0.15, -0.1) is 0 Å². The van der Waals surface area contributed by atoms with Crippen LogP contribution in [0.5, 0.6) is 0 Å². The molecule has 0 fully saturated rings. The van der Waals surface area contributed by atoms with Gasteiger partial charge in [-0.3, -0.25) is 14.3 Å². The van der Waals surface area contributed by atoms with E-state index in [0.717, 1.165) is 0 Å². The van der Waals surface area contributed by atoms with E-state index in [4.69, 9.17) is 46.4 Å². The number of hydrogen-bond acceptors (Lipinski definition) is 5. The minimum atomic E-state index is -3.22. The van der Waals surface area contributed by atoms with E-state index in [1.807, 2.05) is 0 Å². The first-order chi connectivity index (χ1) is 14.3. The van der Waals surface area contributed by atoms with Gasteiger partial charge >= 0.3 is 10.9 Å². The maximum Gasteiger partial charge on any atom is 0.339 e. The lowest BCUT2D eigenvalue weighted by Crippen LogP contribution is -2.21. The SMILES string of the molecule is Clc1ccc2nc(Cl)nc(Cl)c2c1.O=P(Cl)(Cl)Cl.O=c1[nH]c(=O)c2cc(Cl)ccc2[nH]1. The summed E-state index contributed by atoms with van der Waals surface area (Å²) < 4.78 is 9.51. The predicted molar refractivity (Wildman–Crippen MR) is 130 cm³/mol. The molecule has 0 bridgehead atoms. The van der Waals surface area contributed by atoms with Crippen LogP contribution in [0.15, 0.2) is 46.0 Å². The highest BCUT2D eigenvalue weighted by Crippen LogP contribution is 2.61. The van der Waals surface area contributed by atoms with Crippen molar-refractivity contribution < 1.29 is 4.57 Å². The molecular weight excluding hydrogens is 575 g/mol. The molecule has 0 spiro atoms. The topological polar surface area (TPSA) is 109 Å². The summed E-state index contributed by atoms with van der Waals surface area (Å²) in [6.45, 7) is 0. The maximum atomic E-state index is 11.2. The molecule has 0 saturated heterocycles. The average Bonchev–Trinajstić information content (AvgIpc) is 2.62. The molecule has 0 aliphatic rings. The molecule has 0 atom stereocenters. The zero-order chi connectivity index (χ0) is 23.3. The Labute approximate surface area is 208 Å². The number of hydrogen-bond donors (Lipinski definition) is 2. The first-order valence-electron chi connectivity index (χ1n) is 7.72. The predicted octanol–water partition coefficient (Wildman–Crippen LogP) is 7.27. The van der Waals surface area contributed by atoms with E-state index in [9.17, 15) is 14.2 Å². The van der Waals surface area contributed by atoms with Gasteiger partial charge < -0.3 is 4.98 Å². The molecule has 15 heteroatoms. The molecule has 0 aliphatic carbocycles. The zero-order valence-corrected chi connectivity index (χ0v) is 20.9. The van der Waals surface area contributed by atoms with Gasteiger partial charge in [0.15, 0.2) is 0 Å². The summed E-state index contributed by atoms with van der Waals surface area (Å²) >= 11 is 36.8. The first kappa shape index (κ1) is 26.2. The third-order valence-electron chi connectivity index (χ3n) is 3.29. The van der Waals surface area contributed by atoms with Gasteiger partial charge in [-0.2, -0.15) is 0 Å². The molecule has 0 saturated carbocycles. The molecule has 2 heterocycles. The number of nitrogens with zero attached hydrogens (tertiary/aromatic N) is 2. The van der Waals surface area contributed by atoms with Crippen molar-refractivity contribution in [3.63, 3.8) is 0 Å². The minimum Gasteiger partial charge on any atom is -0.307 e. The van der Waals surface area contributed by atoms with Crippen molar-refractivity contribution in [3.05, 3.63) is 77.7 Å². The molecule has 2 aromatic heterocycles. The Hall–Kier alpha value is -1.02. The van der Waals surface area contributed by atoms with Crippen LogP contribution in [0.25, 0.3) is 21.8 Å². The van der Waals surface area contributed by atoms with Crippen molar-refractivity contribution in [2.45, 2.75) is 0 Å². The smallest absolute Gasteiger partial charge is 0.307 e. The number of fused-ring (bicyclic) bond motifs is 2. The van der Waals surface area contributed by atoms with Gasteiger partial charge in [-0.25, -0.2) is 14.8 Å². The van der Waals surface area contributed by atoms with Crippen molar-refractivity contribution in [3.8, 4) is 0 Å². The fourth-order valence-corrected chi connectivity index (χ4v) is 2.97. The van der Waals surface area contributed by atoms with Gasteiger partial charge in [0.1, 0.15) is 5.15 Å². The molecule has 7 nitrogen and oxygen atoms in total. The van der Waals surface area contributed by atoms with Gasteiger partial charge in [0.25, 0.3) is 5.56 Å². The highest BCUT2D eigenvalue weighted by Gasteiger charge is 2.04. The summed E-state index contributed by atoms with van der Waals surface area (Å²) in [6.07, 6.45) is 0. The van der Waals surface area contributed by atoms with Crippen LogP contribution in [-0.2, 0) is 4.57 Å². The van der Waals surface area contributed by atoms with Crippen LogP contribution in [0.3, 0.4) is 0 Å².